The Morgan fingerprint density at radius 1 is 1.37 bits per heavy atom. The fourth-order valence-electron chi connectivity index (χ4n) is 2.08. The summed E-state index contributed by atoms with van der Waals surface area (Å²) in [7, 11) is 0. The zero-order valence-electron chi connectivity index (χ0n) is 10.5. The van der Waals surface area contributed by atoms with Crippen LogP contribution in [0.25, 0.3) is 0 Å². The highest BCUT2D eigenvalue weighted by atomic mass is 19.1. The first-order valence-electron chi connectivity index (χ1n) is 6.07. The molecule has 1 amide bonds. The van der Waals surface area contributed by atoms with Crippen LogP contribution in [0.5, 0.6) is 0 Å². The van der Waals surface area contributed by atoms with E-state index in [1.54, 1.807) is 12.2 Å². The number of halogens is 2. The molecule has 102 valence electrons. The number of carbonyl (C=O) groups excluding carboxylic acids is 1. The van der Waals surface area contributed by atoms with Crippen LogP contribution in [-0.2, 0) is 0 Å². The molecule has 19 heavy (non-hydrogen) atoms. The van der Waals surface area contributed by atoms with Crippen LogP contribution < -0.4 is 5.32 Å². The number of aryl methyl sites for hydroxylation is 1. The fraction of sp³-hybridized carbons (Fsp3) is 0.357. The molecule has 1 aromatic carbocycles. The standard InChI is InChI=1S/C14H15F2NO2/c1-8-4-13(16)11(6-12(8)15)14(19)17-10-3-2-9(5-10)7-18/h2-4,6,9-10,18H,5,7H2,1H3,(H,17,19)/t9-,10+/m0/s1. The number of rotatable bonds is 3. The molecule has 3 nitrogen and oxygen atoms in total. The quantitative estimate of drug-likeness (QED) is 0.822. The van der Waals surface area contributed by atoms with E-state index in [1.165, 1.54) is 6.92 Å². The lowest BCUT2D eigenvalue weighted by Gasteiger charge is -2.13. The van der Waals surface area contributed by atoms with Crippen LogP contribution in [0.4, 0.5) is 8.78 Å². The molecule has 0 aromatic heterocycles. The minimum absolute atomic E-state index is 0.00454. The van der Waals surface area contributed by atoms with Gasteiger partial charge in [0, 0.05) is 18.6 Å². The fourth-order valence-corrected chi connectivity index (χ4v) is 2.08. The predicted molar refractivity (Wildman–Crippen MR) is 66.7 cm³/mol. The third kappa shape index (κ3) is 2.98. The zero-order valence-corrected chi connectivity index (χ0v) is 10.5. The van der Waals surface area contributed by atoms with Gasteiger partial charge in [-0.15, -0.1) is 0 Å². The second-order valence-corrected chi connectivity index (χ2v) is 4.72. The molecule has 5 heteroatoms. The lowest BCUT2D eigenvalue weighted by Crippen LogP contribution is -2.33. The van der Waals surface area contributed by atoms with E-state index < -0.39 is 17.5 Å². The molecule has 2 atom stereocenters. The van der Waals surface area contributed by atoms with Crippen molar-refractivity contribution in [2.24, 2.45) is 5.92 Å². The van der Waals surface area contributed by atoms with E-state index in [0.29, 0.717) is 6.42 Å². The minimum Gasteiger partial charge on any atom is -0.396 e. The van der Waals surface area contributed by atoms with Gasteiger partial charge in [-0.1, -0.05) is 12.2 Å². The monoisotopic (exact) mass is 267 g/mol. The Morgan fingerprint density at radius 2 is 2.11 bits per heavy atom. The first-order valence-corrected chi connectivity index (χ1v) is 6.07. The van der Waals surface area contributed by atoms with Crippen molar-refractivity contribution in [2.75, 3.05) is 6.61 Å². The summed E-state index contributed by atoms with van der Waals surface area (Å²) >= 11 is 0. The van der Waals surface area contributed by atoms with Crippen molar-refractivity contribution in [3.8, 4) is 0 Å². The molecule has 0 saturated carbocycles. The van der Waals surface area contributed by atoms with Crippen LogP contribution in [0.2, 0.25) is 0 Å². The summed E-state index contributed by atoms with van der Waals surface area (Å²) in [6.07, 6.45) is 4.12. The summed E-state index contributed by atoms with van der Waals surface area (Å²) in [5.74, 6) is -1.99. The van der Waals surface area contributed by atoms with E-state index in [9.17, 15) is 13.6 Å². The maximum Gasteiger partial charge on any atom is 0.254 e. The molecule has 2 rings (SSSR count). The zero-order chi connectivity index (χ0) is 14.0. The Kier molecular flexibility index (Phi) is 3.95. The average molecular weight is 267 g/mol. The normalized spacial score (nSPS) is 21.7. The molecule has 0 fully saturated rings. The lowest BCUT2D eigenvalue weighted by molar-refractivity contribution is 0.0936. The Bertz CT molecular complexity index is 528. The van der Waals surface area contributed by atoms with Crippen molar-refractivity contribution in [3.05, 3.63) is 47.0 Å². The highest BCUT2D eigenvalue weighted by Crippen LogP contribution is 2.19. The van der Waals surface area contributed by atoms with Crippen molar-refractivity contribution in [1.29, 1.82) is 0 Å². The van der Waals surface area contributed by atoms with Gasteiger partial charge >= 0.3 is 0 Å². The van der Waals surface area contributed by atoms with Gasteiger partial charge in [0.05, 0.1) is 5.56 Å². The van der Waals surface area contributed by atoms with Gasteiger partial charge in [-0.25, -0.2) is 8.78 Å². The van der Waals surface area contributed by atoms with Gasteiger partial charge in [0.25, 0.3) is 5.91 Å². The van der Waals surface area contributed by atoms with Gasteiger partial charge in [0.1, 0.15) is 11.6 Å². The number of hydrogen-bond donors (Lipinski definition) is 2. The highest BCUT2D eigenvalue weighted by molar-refractivity contribution is 5.94. The van der Waals surface area contributed by atoms with Crippen molar-refractivity contribution in [2.45, 2.75) is 19.4 Å². The van der Waals surface area contributed by atoms with Gasteiger partial charge in [-0.05, 0) is 31.0 Å². The smallest absolute Gasteiger partial charge is 0.254 e. The van der Waals surface area contributed by atoms with E-state index in [-0.39, 0.29) is 29.7 Å². The summed E-state index contributed by atoms with van der Waals surface area (Å²) in [6, 6.07) is 1.65. The van der Waals surface area contributed by atoms with Crippen LogP contribution in [-0.4, -0.2) is 23.7 Å². The minimum atomic E-state index is -0.739. The van der Waals surface area contributed by atoms with Crippen molar-refractivity contribution in [1.82, 2.24) is 5.32 Å². The molecule has 0 unspecified atom stereocenters. The first-order chi connectivity index (χ1) is 9.01. The SMILES string of the molecule is Cc1cc(F)c(C(=O)N[C@@H]2C=C[C@H](CO)C2)cc1F. The number of nitrogens with one attached hydrogen (secondary N) is 1. The Labute approximate surface area is 109 Å². The van der Waals surface area contributed by atoms with Crippen LogP contribution in [0.15, 0.2) is 24.3 Å². The molecule has 0 bridgehead atoms. The largest absolute Gasteiger partial charge is 0.396 e. The Hall–Kier alpha value is -1.75. The van der Waals surface area contributed by atoms with E-state index in [1.807, 2.05) is 0 Å². The van der Waals surface area contributed by atoms with Crippen LogP contribution in [0.3, 0.4) is 0 Å². The van der Waals surface area contributed by atoms with Gasteiger partial charge in [0.15, 0.2) is 0 Å². The van der Waals surface area contributed by atoms with E-state index in [4.69, 9.17) is 5.11 Å². The van der Waals surface area contributed by atoms with Crippen LogP contribution >= 0.6 is 0 Å². The Morgan fingerprint density at radius 3 is 2.74 bits per heavy atom. The second-order valence-electron chi connectivity index (χ2n) is 4.72. The van der Waals surface area contributed by atoms with Crippen LogP contribution in [0.1, 0.15) is 22.3 Å². The number of amides is 1. The number of benzene rings is 1. The molecule has 1 aromatic rings. The van der Waals surface area contributed by atoms with Crippen molar-refractivity contribution in [3.63, 3.8) is 0 Å². The van der Waals surface area contributed by atoms with Crippen LogP contribution in [0, 0.1) is 24.5 Å². The van der Waals surface area contributed by atoms with Gasteiger partial charge in [0.2, 0.25) is 0 Å². The van der Waals surface area contributed by atoms with E-state index >= 15 is 0 Å². The first kappa shape index (κ1) is 13.7. The maximum atomic E-state index is 13.6. The predicted octanol–water partition coefficient (Wildman–Crippen LogP) is 1.94. The summed E-state index contributed by atoms with van der Waals surface area (Å²) < 4.78 is 27.0. The molecule has 0 aliphatic heterocycles. The van der Waals surface area contributed by atoms with Gasteiger partial charge in [-0.2, -0.15) is 0 Å². The molecule has 2 N–H and O–H groups in total. The number of carbonyl (C=O) groups is 1. The molecule has 0 saturated heterocycles. The second kappa shape index (κ2) is 5.48. The summed E-state index contributed by atoms with van der Waals surface area (Å²) in [5.41, 5.74) is -0.140. The lowest BCUT2D eigenvalue weighted by atomic mass is 10.1. The highest BCUT2D eigenvalue weighted by Gasteiger charge is 2.22. The Balaban J connectivity index is 2.09. The summed E-state index contributed by atoms with van der Waals surface area (Å²) in [4.78, 5) is 11.9. The molecule has 0 spiro atoms. The number of aliphatic hydroxyl groups excluding tert-OH is 1. The van der Waals surface area contributed by atoms with Crippen molar-refractivity contribution >= 4 is 5.91 Å². The van der Waals surface area contributed by atoms with E-state index in [2.05, 4.69) is 5.32 Å². The molecule has 0 radical (unpaired) electrons. The van der Waals surface area contributed by atoms with Crippen molar-refractivity contribution < 1.29 is 18.7 Å². The molecular weight excluding hydrogens is 252 g/mol. The molecule has 1 aliphatic rings. The molecule has 1 aliphatic carbocycles. The summed E-state index contributed by atoms with van der Waals surface area (Å²) in [6.45, 7) is 1.45. The number of hydrogen-bond acceptors (Lipinski definition) is 2. The summed E-state index contributed by atoms with van der Waals surface area (Å²) in [5, 5.41) is 11.6. The average Bonchev–Trinajstić information content (AvgIpc) is 2.81. The number of aliphatic hydroxyl groups is 1. The molecular formula is C14H15F2NO2. The molecule has 0 heterocycles. The van der Waals surface area contributed by atoms with Gasteiger partial charge in [-0.3, -0.25) is 4.79 Å². The van der Waals surface area contributed by atoms with E-state index in [0.717, 1.165) is 12.1 Å². The topological polar surface area (TPSA) is 49.3 Å². The van der Waals surface area contributed by atoms with Gasteiger partial charge < -0.3 is 10.4 Å². The third-order valence-corrected chi connectivity index (χ3v) is 3.22. The third-order valence-electron chi connectivity index (χ3n) is 3.22. The maximum absolute atomic E-state index is 13.6.